The van der Waals surface area contributed by atoms with Gasteiger partial charge in [-0.2, -0.15) is 0 Å². The molecule has 10 nitrogen and oxygen atoms in total. The lowest BCUT2D eigenvalue weighted by Gasteiger charge is -2.15. The molecule has 0 saturated carbocycles. The monoisotopic (exact) mass is 629 g/mol. The summed E-state index contributed by atoms with van der Waals surface area (Å²) >= 11 is 4.80. The van der Waals surface area contributed by atoms with E-state index in [1.165, 1.54) is 18.1 Å². The summed E-state index contributed by atoms with van der Waals surface area (Å²) < 4.78 is 0.778. The Bertz CT molecular complexity index is 1730. The highest BCUT2D eigenvalue weighted by Gasteiger charge is 2.14. The van der Waals surface area contributed by atoms with Crippen LogP contribution in [0.15, 0.2) is 93.5 Å². The van der Waals surface area contributed by atoms with Gasteiger partial charge in [-0.15, -0.1) is 0 Å². The number of nitrogens with one attached hydrogen (secondary N) is 3. The van der Waals surface area contributed by atoms with Gasteiger partial charge in [0.15, 0.2) is 5.65 Å². The van der Waals surface area contributed by atoms with Crippen molar-refractivity contribution >= 4 is 73.6 Å². The molecule has 2 aromatic carbocycles. The molecule has 3 aromatic heterocycles. The maximum Gasteiger partial charge on any atom is 0.409 e. The molecule has 12 heteroatoms. The number of carbonyl (C=O) groups excluding carboxylic acids is 1. The van der Waals surface area contributed by atoms with Crippen LogP contribution in [0, 0.1) is 0 Å². The first-order valence-corrected chi connectivity index (χ1v) is 14.1. The molecule has 0 aliphatic rings. The minimum atomic E-state index is -1.13. The summed E-state index contributed by atoms with van der Waals surface area (Å²) in [5.74, 6) is 0.480. The Balaban J connectivity index is 1.48. The third kappa shape index (κ3) is 6.97. The molecular weight excluding hydrogens is 606 g/mol. The standard InChI is InChI=1S/C29H24BrN7O3S/c1-16(2)22-11-9-21-26(36-22)32-15-33-27(21)37-24-13-19(34-28(38)23-10-3-17(30)14-31-23)6-12-25(24)41-20-7-4-18(5-8-20)35-29(39)40/h3-16,35H,1-2H3,(H,34,38)(H,39,40)(H,32,33,36,37). The molecule has 0 atom stereocenters. The number of hydrogen-bond acceptors (Lipinski definition) is 8. The quantitative estimate of drug-likeness (QED) is 0.137. The molecule has 0 bridgehead atoms. The molecule has 0 aliphatic carbocycles. The van der Waals surface area contributed by atoms with Gasteiger partial charge in [-0.25, -0.2) is 24.7 Å². The van der Waals surface area contributed by atoms with Crippen molar-refractivity contribution in [1.29, 1.82) is 0 Å². The van der Waals surface area contributed by atoms with Gasteiger partial charge in [0.05, 0.1) is 11.1 Å². The van der Waals surface area contributed by atoms with E-state index in [0.29, 0.717) is 28.5 Å². The van der Waals surface area contributed by atoms with E-state index in [4.69, 9.17) is 5.11 Å². The van der Waals surface area contributed by atoms with Gasteiger partial charge in [-0.05, 0) is 88.6 Å². The van der Waals surface area contributed by atoms with E-state index in [0.717, 1.165) is 25.3 Å². The lowest BCUT2D eigenvalue weighted by molar-refractivity contribution is 0.102. The molecule has 0 unspecified atom stereocenters. The van der Waals surface area contributed by atoms with Crippen molar-refractivity contribution < 1.29 is 14.7 Å². The Kier molecular flexibility index (Phi) is 8.41. The number of anilines is 4. The predicted molar refractivity (Wildman–Crippen MR) is 163 cm³/mol. The van der Waals surface area contributed by atoms with Crippen LogP contribution in [0.25, 0.3) is 11.0 Å². The number of nitrogens with zero attached hydrogens (tertiary/aromatic N) is 4. The molecule has 5 aromatic rings. The van der Waals surface area contributed by atoms with Crippen LogP contribution in [0.1, 0.15) is 35.9 Å². The van der Waals surface area contributed by atoms with E-state index in [9.17, 15) is 9.59 Å². The summed E-state index contributed by atoms with van der Waals surface area (Å²) in [5.41, 5.74) is 3.52. The maximum atomic E-state index is 12.8. The normalized spacial score (nSPS) is 10.9. The van der Waals surface area contributed by atoms with Gasteiger partial charge >= 0.3 is 6.09 Å². The summed E-state index contributed by atoms with van der Waals surface area (Å²) in [6.45, 7) is 4.15. The number of carbonyl (C=O) groups is 2. The fourth-order valence-electron chi connectivity index (χ4n) is 3.86. The smallest absolute Gasteiger partial charge is 0.409 e. The summed E-state index contributed by atoms with van der Waals surface area (Å²) in [7, 11) is 0. The maximum absolute atomic E-state index is 12.8. The van der Waals surface area contributed by atoms with Crippen LogP contribution >= 0.6 is 27.7 Å². The van der Waals surface area contributed by atoms with Crippen molar-refractivity contribution in [1.82, 2.24) is 19.9 Å². The molecule has 3 heterocycles. The second kappa shape index (κ2) is 12.3. The number of hydrogen-bond donors (Lipinski definition) is 4. The van der Waals surface area contributed by atoms with E-state index >= 15 is 0 Å². The van der Waals surface area contributed by atoms with Gasteiger partial charge in [0.25, 0.3) is 5.91 Å². The van der Waals surface area contributed by atoms with Gasteiger partial charge in [0.1, 0.15) is 17.8 Å². The van der Waals surface area contributed by atoms with Crippen LogP contribution in [0.4, 0.5) is 27.7 Å². The van der Waals surface area contributed by atoms with Crippen LogP contribution in [0.5, 0.6) is 0 Å². The molecule has 41 heavy (non-hydrogen) atoms. The number of fused-ring (bicyclic) bond motifs is 1. The van der Waals surface area contributed by atoms with Crippen molar-refractivity contribution in [2.45, 2.75) is 29.6 Å². The molecular formula is C29H24BrN7O3S. The average molecular weight is 631 g/mol. The highest BCUT2D eigenvalue weighted by atomic mass is 79.9. The fourth-order valence-corrected chi connectivity index (χ4v) is 4.98. The highest BCUT2D eigenvalue weighted by Crippen LogP contribution is 2.38. The van der Waals surface area contributed by atoms with E-state index in [-0.39, 0.29) is 17.5 Å². The Morgan fingerprint density at radius 2 is 1.68 bits per heavy atom. The zero-order chi connectivity index (χ0) is 28.9. The molecule has 0 spiro atoms. The van der Waals surface area contributed by atoms with Crippen LogP contribution in [0.2, 0.25) is 0 Å². The first kappa shape index (κ1) is 28.0. The third-order valence-corrected chi connectivity index (χ3v) is 7.45. The number of carboxylic acid groups (broad SMARTS) is 1. The molecule has 0 saturated heterocycles. The third-order valence-electron chi connectivity index (χ3n) is 5.89. The Hall–Kier alpha value is -4.55. The number of halogens is 1. The summed E-state index contributed by atoms with van der Waals surface area (Å²) in [4.78, 5) is 43.2. The van der Waals surface area contributed by atoms with Gasteiger partial charge < -0.3 is 15.7 Å². The lowest BCUT2D eigenvalue weighted by atomic mass is 10.1. The SMILES string of the molecule is CC(C)c1ccc2c(Nc3cc(NC(=O)c4ccc(Br)cn4)ccc3Sc3ccc(NC(=O)O)cc3)ncnc2n1. The number of aromatic nitrogens is 4. The Morgan fingerprint density at radius 1 is 0.902 bits per heavy atom. The minimum Gasteiger partial charge on any atom is -0.465 e. The molecule has 5 rings (SSSR count). The first-order chi connectivity index (χ1) is 19.7. The van der Waals surface area contributed by atoms with Crippen molar-refractivity contribution in [3.63, 3.8) is 0 Å². The second-order valence-corrected chi connectivity index (χ2v) is 11.2. The van der Waals surface area contributed by atoms with Gasteiger partial charge in [-0.1, -0.05) is 25.6 Å². The molecule has 0 aliphatic heterocycles. The second-order valence-electron chi connectivity index (χ2n) is 9.19. The number of rotatable bonds is 8. The Morgan fingerprint density at radius 3 is 2.39 bits per heavy atom. The highest BCUT2D eigenvalue weighted by molar-refractivity contribution is 9.10. The van der Waals surface area contributed by atoms with Crippen LogP contribution < -0.4 is 16.0 Å². The van der Waals surface area contributed by atoms with Crippen molar-refractivity contribution in [3.05, 3.63) is 95.1 Å². The molecule has 0 fully saturated rings. The molecule has 206 valence electrons. The first-order valence-electron chi connectivity index (χ1n) is 12.5. The molecule has 0 radical (unpaired) electrons. The number of amides is 2. The van der Waals surface area contributed by atoms with E-state index < -0.39 is 6.09 Å². The van der Waals surface area contributed by atoms with E-state index in [1.54, 1.807) is 36.5 Å². The summed E-state index contributed by atoms with van der Waals surface area (Å²) in [5, 5.41) is 18.4. The molecule has 4 N–H and O–H groups in total. The topological polar surface area (TPSA) is 142 Å². The number of benzene rings is 2. The van der Waals surface area contributed by atoms with E-state index in [2.05, 4.69) is 65.7 Å². The van der Waals surface area contributed by atoms with Crippen LogP contribution in [-0.4, -0.2) is 37.0 Å². The van der Waals surface area contributed by atoms with Crippen molar-refractivity contribution in [3.8, 4) is 0 Å². The fraction of sp³-hybridized carbons (Fsp3) is 0.103. The molecule has 2 amide bonds. The Labute approximate surface area is 248 Å². The van der Waals surface area contributed by atoms with Crippen LogP contribution in [-0.2, 0) is 0 Å². The van der Waals surface area contributed by atoms with Gasteiger partial charge in [-0.3, -0.25) is 10.1 Å². The minimum absolute atomic E-state index is 0.256. The zero-order valence-electron chi connectivity index (χ0n) is 21.9. The van der Waals surface area contributed by atoms with E-state index in [1.807, 2.05) is 36.4 Å². The van der Waals surface area contributed by atoms with Gasteiger partial charge in [0, 0.05) is 37.5 Å². The lowest BCUT2D eigenvalue weighted by Crippen LogP contribution is -2.13. The predicted octanol–water partition coefficient (Wildman–Crippen LogP) is 7.54. The summed E-state index contributed by atoms with van der Waals surface area (Å²) in [6.07, 6.45) is 1.91. The largest absolute Gasteiger partial charge is 0.465 e. The van der Waals surface area contributed by atoms with Crippen molar-refractivity contribution in [2.24, 2.45) is 0 Å². The van der Waals surface area contributed by atoms with Crippen molar-refractivity contribution in [2.75, 3.05) is 16.0 Å². The average Bonchev–Trinajstić information content (AvgIpc) is 2.95. The summed E-state index contributed by atoms with van der Waals surface area (Å²) in [6, 6.07) is 19.9. The van der Waals surface area contributed by atoms with Crippen LogP contribution in [0.3, 0.4) is 0 Å². The van der Waals surface area contributed by atoms with Gasteiger partial charge in [0.2, 0.25) is 0 Å². The zero-order valence-corrected chi connectivity index (χ0v) is 24.3. The number of pyridine rings is 2.